The monoisotopic (exact) mass is 321 g/mol. The Morgan fingerprint density at radius 2 is 1.70 bits per heavy atom. The van der Waals surface area contributed by atoms with Gasteiger partial charge < -0.3 is 10.6 Å². The fraction of sp³-hybridized carbons (Fsp3) is 0.538. The van der Waals surface area contributed by atoms with Gasteiger partial charge in [0.2, 0.25) is 10.0 Å². The van der Waals surface area contributed by atoms with E-state index in [4.69, 9.17) is 5.73 Å². The van der Waals surface area contributed by atoms with Crippen molar-refractivity contribution < 1.29 is 8.42 Å². The van der Waals surface area contributed by atoms with Gasteiger partial charge in [-0.15, -0.1) is 12.4 Å². The first-order valence-electron chi connectivity index (χ1n) is 6.43. The summed E-state index contributed by atoms with van der Waals surface area (Å²) in [6, 6.07) is 7.46. The van der Waals surface area contributed by atoms with Gasteiger partial charge in [0.1, 0.15) is 0 Å². The molecule has 1 unspecified atom stereocenters. The Bertz CT molecular complexity index is 487. The van der Waals surface area contributed by atoms with Crippen LogP contribution in [0.25, 0.3) is 0 Å². The van der Waals surface area contributed by atoms with Crippen molar-refractivity contribution in [2.24, 2.45) is 5.73 Å². The van der Waals surface area contributed by atoms with Gasteiger partial charge in [-0.05, 0) is 31.5 Å². The zero-order valence-electron chi connectivity index (χ0n) is 12.2. The molecule has 1 atom stereocenters. The van der Waals surface area contributed by atoms with Crippen molar-refractivity contribution in [1.29, 1.82) is 0 Å². The summed E-state index contributed by atoms with van der Waals surface area (Å²) < 4.78 is 25.1. The first kappa shape index (κ1) is 19.2. The number of anilines is 1. The van der Waals surface area contributed by atoms with Gasteiger partial charge in [0.25, 0.3) is 0 Å². The fourth-order valence-electron chi connectivity index (χ4n) is 2.02. The molecule has 0 saturated carbocycles. The minimum atomic E-state index is -3.26. The van der Waals surface area contributed by atoms with E-state index < -0.39 is 10.0 Å². The highest BCUT2D eigenvalue weighted by Gasteiger charge is 2.14. The van der Waals surface area contributed by atoms with Crippen molar-refractivity contribution in [3.8, 4) is 0 Å². The van der Waals surface area contributed by atoms with Crippen LogP contribution in [0.4, 0.5) is 5.69 Å². The van der Waals surface area contributed by atoms with Crippen molar-refractivity contribution in [2.75, 3.05) is 30.8 Å². The zero-order valence-corrected chi connectivity index (χ0v) is 13.8. The van der Waals surface area contributed by atoms with Gasteiger partial charge in [-0.2, -0.15) is 0 Å². The Balaban J connectivity index is 0.00000361. The van der Waals surface area contributed by atoms with Crippen LogP contribution in [0.1, 0.15) is 25.5 Å². The number of rotatable bonds is 7. The molecule has 0 aliphatic rings. The molecule has 0 amide bonds. The minimum Gasteiger partial charge on any atom is -0.372 e. The van der Waals surface area contributed by atoms with Crippen LogP contribution in [0.5, 0.6) is 0 Å². The summed E-state index contributed by atoms with van der Waals surface area (Å²) in [6.45, 7) is 6.32. The second-order valence-electron chi connectivity index (χ2n) is 4.44. The molecule has 0 bridgehead atoms. The van der Waals surface area contributed by atoms with E-state index in [-0.39, 0.29) is 25.0 Å². The van der Waals surface area contributed by atoms with E-state index >= 15 is 0 Å². The molecule has 1 aromatic carbocycles. The Hall–Kier alpha value is -0.820. The number of benzene rings is 1. The molecule has 116 valence electrons. The molecule has 20 heavy (non-hydrogen) atoms. The number of nitrogens with two attached hydrogens (primary N) is 1. The van der Waals surface area contributed by atoms with Crippen LogP contribution in [-0.2, 0) is 10.0 Å². The second kappa shape index (κ2) is 8.46. The first-order valence-corrected chi connectivity index (χ1v) is 8.32. The summed E-state index contributed by atoms with van der Waals surface area (Å²) >= 11 is 0. The largest absolute Gasteiger partial charge is 0.372 e. The van der Waals surface area contributed by atoms with Crippen molar-refractivity contribution in [1.82, 2.24) is 4.72 Å². The van der Waals surface area contributed by atoms with E-state index in [2.05, 4.69) is 23.5 Å². The van der Waals surface area contributed by atoms with Crippen LogP contribution in [0, 0.1) is 0 Å². The Kier molecular flexibility index (Phi) is 8.12. The molecule has 7 heteroatoms. The molecular formula is C13H24ClN3O2S. The molecule has 5 nitrogen and oxygen atoms in total. The average molecular weight is 322 g/mol. The molecule has 1 rings (SSSR count). The van der Waals surface area contributed by atoms with Gasteiger partial charge in [0, 0.05) is 25.3 Å². The number of sulfonamides is 1. The Labute approximate surface area is 128 Å². The third kappa shape index (κ3) is 5.66. The summed E-state index contributed by atoms with van der Waals surface area (Å²) in [5, 5.41) is 0. The standard InChI is InChI=1S/C13H23N3O2S.ClH/c1-4-16(5-2)12-8-6-11(7-9-12)13(10-14)15-19(3,17)18;/h6-9,13,15H,4-5,10,14H2,1-3H3;1H. The molecule has 0 spiro atoms. The first-order chi connectivity index (χ1) is 8.91. The zero-order chi connectivity index (χ0) is 14.5. The van der Waals surface area contributed by atoms with Crippen LogP contribution in [0.2, 0.25) is 0 Å². The quantitative estimate of drug-likeness (QED) is 0.798. The summed E-state index contributed by atoms with van der Waals surface area (Å²) in [5.41, 5.74) is 7.63. The number of halogens is 1. The Morgan fingerprint density at radius 1 is 1.20 bits per heavy atom. The van der Waals surface area contributed by atoms with Gasteiger partial charge in [0.05, 0.1) is 12.3 Å². The average Bonchev–Trinajstić information content (AvgIpc) is 2.37. The van der Waals surface area contributed by atoms with Gasteiger partial charge in [0.15, 0.2) is 0 Å². The molecule has 0 heterocycles. The SMILES string of the molecule is CCN(CC)c1ccc(C(CN)NS(C)(=O)=O)cc1.Cl. The van der Waals surface area contributed by atoms with E-state index in [0.29, 0.717) is 0 Å². The molecular weight excluding hydrogens is 298 g/mol. The normalized spacial score (nSPS) is 12.6. The smallest absolute Gasteiger partial charge is 0.209 e. The van der Waals surface area contributed by atoms with Gasteiger partial charge in [-0.1, -0.05) is 12.1 Å². The van der Waals surface area contributed by atoms with Gasteiger partial charge in [-0.3, -0.25) is 0 Å². The number of hydrogen-bond donors (Lipinski definition) is 2. The van der Waals surface area contributed by atoms with Crippen molar-refractivity contribution in [3.05, 3.63) is 29.8 Å². The van der Waals surface area contributed by atoms with Crippen molar-refractivity contribution in [3.63, 3.8) is 0 Å². The molecule has 0 fully saturated rings. The second-order valence-corrected chi connectivity index (χ2v) is 6.22. The summed E-state index contributed by atoms with van der Waals surface area (Å²) in [6.07, 6.45) is 1.14. The lowest BCUT2D eigenvalue weighted by atomic mass is 10.1. The highest BCUT2D eigenvalue weighted by molar-refractivity contribution is 7.88. The number of nitrogens with zero attached hydrogens (tertiary/aromatic N) is 1. The lowest BCUT2D eigenvalue weighted by molar-refractivity contribution is 0.564. The molecule has 0 aromatic heterocycles. The lowest BCUT2D eigenvalue weighted by Gasteiger charge is -2.22. The van der Waals surface area contributed by atoms with Crippen LogP contribution in [0.3, 0.4) is 0 Å². The molecule has 0 saturated heterocycles. The van der Waals surface area contributed by atoms with Gasteiger partial charge >= 0.3 is 0 Å². The molecule has 3 N–H and O–H groups in total. The van der Waals surface area contributed by atoms with E-state index in [1.54, 1.807) is 0 Å². The van der Waals surface area contributed by atoms with E-state index in [1.807, 2.05) is 24.3 Å². The summed E-state index contributed by atoms with van der Waals surface area (Å²) in [4.78, 5) is 2.23. The fourth-order valence-corrected chi connectivity index (χ4v) is 2.77. The highest BCUT2D eigenvalue weighted by atomic mass is 35.5. The van der Waals surface area contributed by atoms with Gasteiger partial charge in [-0.25, -0.2) is 13.1 Å². The predicted octanol–water partition coefficient (Wildman–Crippen LogP) is 1.50. The van der Waals surface area contributed by atoms with Crippen molar-refractivity contribution >= 4 is 28.1 Å². The molecule has 0 aliphatic heterocycles. The van der Waals surface area contributed by atoms with Crippen LogP contribution in [0.15, 0.2) is 24.3 Å². The number of nitrogens with one attached hydrogen (secondary N) is 1. The minimum absolute atomic E-state index is 0. The van der Waals surface area contributed by atoms with Crippen LogP contribution < -0.4 is 15.4 Å². The van der Waals surface area contributed by atoms with E-state index in [0.717, 1.165) is 30.6 Å². The molecule has 1 aromatic rings. The topological polar surface area (TPSA) is 75.4 Å². The third-order valence-corrected chi connectivity index (χ3v) is 3.73. The molecule has 0 aliphatic carbocycles. The summed E-state index contributed by atoms with van der Waals surface area (Å²) in [7, 11) is -3.26. The summed E-state index contributed by atoms with van der Waals surface area (Å²) in [5.74, 6) is 0. The third-order valence-electron chi connectivity index (χ3n) is 3.02. The highest BCUT2D eigenvalue weighted by Crippen LogP contribution is 2.19. The van der Waals surface area contributed by atoms with Crippen LogP contribution in [-0.4, -0.2) is 34.3 Å². The maximum absolute atomic E-state index is 11.3. The number of hydrogen-bond acceptors (Lipinski definition) is 4. The Morgan fingerprint density at radius 3 is 2.05 bits per heavy atom. The maximum Gasteiger partial charge on any atom is 0.209 e. The van der Waals surface area contributed by atoms with E-state index in [9.17, 15) is 8.42 Å². The lowest BCUT2D eigenvalue weighted by Crippen LogP contribution is -2.32. The maximum atomic E-state index is 11.3. The predicted molar refractivity (Wildman–Crippen MR) is 87.0 cm³/mol. The molecule has 0 radical (unpaired) electrons. The van der Waals surface area contributed by atoms with Crippen molar-refractivity contribution in [2.45, 2.75) is 19.9 Å². The van der Waals surface area contributed by atoms with E-state index in [1.165, 1.54) is 0 Å². The van der Waals surface area contributed by atoms with Crippen LogP contribution >= 0.6 is 12.4 Å².